The predicted molar refractivity (Wildman–Crippen MR) is 67.3 cm³/mol. The highest BCUT2D eigenvalue weighted by atomic mass is 19.1. The zero-order valence-electron chi connectivity index (χ0n) is 10.7. The van der Waals surface area contributed by atoms with Gasteiger partial charge in [-0.05, 0) is 19.9 Å². The topological polar surface area (TPSA) is 76.4 Å². The van der Waals surface area contributed by atoms with E-state index in [2.05, 4.69) is 10.3 Å². The number of anilines is 1. The monoisotopic (exact) mass is 269 g/mol. The number of aliphatic hydroxyl groups is 1. The van der Waals surface area contributed by atoms with Crippen molar-refractivity contribution in [2.45, 2.75) is 32.2 Å². The maximum atomic E-state index is 13.8. The molecule has 2 N–H and O–H groups in total. The zero-order chi connectivity index (χ0) is 14.0. The van der Waals surface area contributed by atoms with Crippen LogP contribution in [0.1, 0.15) is 20.1 Å². The minimum absolute atomic E-state index is 0.0290. The minimum atomic E-state index is -0.736. The maximum absolute atomic E-state index is 13.8. The summed E-state index contributed by atoms with van der Waals surface area (Å²) in [4.78, 5) is 15.5. The molecule has 19 heavy (non-hydrogen) atoms. The van der Waals surface area contributed by atoms with Crippen LogP contribution in [0, 0.1) is 5.82 Å². The fourth-order valence-corrected chi connectivity index (χ4v) is 1.75. The molecule has 0 amide bonds. The Morgan fingerprint density at radius 3 is 2.89 bits per heavy atom. The number of halogens is 1. The molecule has 1 aliphatic heterocycles. The van der Waals surface area contributed by atoms with Crippen LogP contribution in [-0.4, -0.2) is 33.4 Å². The summed E-state index contributed by atoms with van der Waals surface area (Å²) in [5, 5.41) is 11.7. The van der Waals surface area contributed by atoms with Crippen LogP contribution in [0.15, 0.2) is 23.1 Å². The van der Waals surface area contributed by atoms with E-state index in [1.54, 1.807) is 12.2 Å². The highest BCUT2D eigenvalue weighted by molar-refractivity contribution is 5.35. The molecule has 0 spiro atoms. The van der Waals surface area contributed by atoms with Gasteiger partial charge in [0.15, 0.2) is 17.9 Å². The molecule has 0 fully saturated rings. The second kappa shape index (κ2) is 5.50. The molecule has 1 aromatic rings. The molecule has 7 heteroatoms. The first kappa shape index (κ1) is 13.7. The van der Waals surface area contributed by atoms with Crippen molar-refractivity contribution in [3.05, 3.63) is 34.7 Å². The molecular weight excluding hydrogens is 253 g/mol. The Bertz CT molecular complexity index is 542. The number of hydrogen-bond acceptors (Lipinski definition) is 5. The molecule has 0 saturated carbocycles. The molecule has 0 aliphatic carbocycles. The van der Waals surface area contributed by atoms with Crippen molar-refractivity contribution in [2.24, 2.45) is 0 Å². The van der Waals surface area contributed by atoms with Crippen molar-refractivity contribution < 1.29 is 14.2 Å². The second-order valence-electron chi connectivity index (χ2n) is 4.56. The fraction of sp³-hybridized carbons (Fsp3) is 0.500. The molecule has 0 radical (unpaired) electrons. The van der Waals surface area contributed by atoms with Crippen LogP contribution in [0.4, 0.5) is 10.2 Å². The van der Waals surface area contributed by atoms with Crippen molar-refractivity contribution in [1.82, 2.24) is 9.55 Å². The standard InChI is InChI=1S/C12H16FN3O3/c1-7(2)14-11-9(13)5-16(12(18)15-11)10-4-3-8(6-17)19-10/h3-5,7-8,10,17H,6H2,1-2H3,(H,14,15,18)/t8-,10+/m0/s1. The number of nitrogens with zero attached hydrogens (tertiary/aromatic N) is 2. The van der Waals surface area contributed by atoms with Crippen LogP contribution in [0.2, 0.25) is 0 Å². The van der Waals surface area contributed by atoms with E-state index in [1.165, 1.54) is 0 Å². The Morgan fingerprint density at radius 2 is 2.32 bits per heavy atom. The van der Waals surface area contributed by atoms with E-state index in [0.717, 1.165) is 10.8 Å². The minimum Gasteiger partial charge on any atom is -0.393 e. The van der Waals surface area contributed by atoms with Gasteiger partial charge in [0.05, 0.1) is 12.8 Å². The summed E-state index contributed by atoms with van der Waals surface area (Å²) in [6.07, 6.45) is 3.04. The van der Waals surface area contributed by atoms with Gasteiger partial charge in [-0.15, -0.1) is 0 Å². The molecule has 6 nitrogen and oxygen atoms in total. The summed E-state index contributed by atoms with van der Waals surface area (Å²) >= 11 is 0. The fourth-order valence-electron chi connectivity index (χ4n) is 1.75. The van der Waals surface area contributed by atoms with Gasteiger partial charge in [0.25, 0.3) is 0 Å². The molecular formula is C12H16FN3O3. The first-order chi connectivity index (χ1) is 9.01. The van der Waals surface area contributed by atoms with Gasteiger partial charge >= 0.3 is 5.69 Å². The number of aromatic nitrogens is 2. The van der Waals surface area contributed by atoms with E-state index in [9.17, 15) is 9.18 Å². The van der Waals surface area contributed by atoms with E-state index >= 15 is 0 Å². The van der Waals surface area contributed by atoms with Crippen molar-refractivity contribution in [3.63, 3.8) is 0 Å². The number of ether oxygens (including phenoxy) is 1. The van der Waals surface area contributed by atoms with Gasteiger partial charge in [-0.3, -0.25) is 4.57 Å². The molecule has 104 valence electrons. The molecule has 2 atom stereocenters. The SMILES string of the molecule is CC(C)Nc1nc(=O)n([C@H]2C=C[C@@H](CO)O2)cc1F. The molecule has 2 heterocycles. The Labute approximate surface area is 109 Å². The molecule has 0 saturated heterocycles. The third-order valence-corrected chi connectivity index (χ3v) is 2.59. The molecule has 1 aromatic heterocycles. The lowest BCUT2D eigenvalue weighted by atomic mass is 10.3. The smallest absolute Gasteiger partial charge is 0.352 e. The summed E-state index contributed by atoms with van der Waals surface area (Å²) in [5.41, 5.74) is -0.613. The summed E-state index contributed by atoms with van der Waals surface area (Å²) in [6.45, 7) is 3.45. The van der Waals surface area contributed by atoms with E-state index in [4.69, 9.17) is 9.84 Å². The van der Waals surface area contributed by atoms with E-state index in [-0.39, 0.29) is 18.5 Å². The first-order valence-corrected chi connectivity index (χ1v) is 6.01. The molecule has 1 aliphatic rings. The second-order valence-corrected chi connectivity index (χ2v) is 4.56. The highest BCUT2D eigenvalue weighted by Gasteiger charge is 2.22. The van der Waals surface area contributed by atoms with Gasteiger partial charge in [-0.1, -0.05) is 6.08 Å². The van der Waals surface area contributed by atoms with Gasteiger partial charge in [-0.25, -0.2) is 9.18 Å². The van der Waals surface area contributed by atoms with Crippen LogP contribution >= 0.6 is 0 Å². The lowest BCUT2D eigenvalue weighted by molar-refractivity contribution is -0.0106. The Hall–Kier alpha value is -1.73. The normalized spacial score (nSPS) is 22.2. The third kappa shape index (κ3) is 2.99. The molecule has 0 unspecified atom stereocenters. The summed E-state index contributed by atoms with van der Waals surface area (Å²) in [6, 6.07) is -0.0290. The quantitative estimate of drug-likeness (QED) is 0.785. The number of hydrogen-bond donors (Lipinski definition) is 2. The molecule has 2 rings (SSSR count). The predicted octanol–water partition coefficient (Wildman–Crippen LogP) is 0.649. The van der Waals surface area contributed by atoms with E-state index in [1.807, 2.05) is 13.8 Å². The van der Waals surface area contributed by atoms with Crippen LogP contribution in [0.5, 0.6) is 0 Å². The van der Waals surface area contributed by atoms with Gasteiger partial charge in [0.1, 0.15) is 6.10 Å². The molecule has 0 aromatic carbocycles. The van der Waals surface area contributed by atoms with Crippen molar-refractivity contribution in [2.75, 3.05) is 11.9 Å². The average Bonchev–Trinajstić information content (AvgIpc) is 2.81. The van der Waals surface area contributed by atoms with Crippen LogP contribution in [0.25, 0.3) is 0 Å². The number of nitrogens with one attached hydrogen (secondary N) is 1. The van der Waals surface area contributed by atoms with Gasteiger partial charge in [-0.2, -0.15) is 4.98 Å². The van der Waals surface area contributed by atoms with Crippen LogP contribution < -0.4 is 11.0 Å². The van der Waals surface area contributed by atoms with E-state index < -0.39 is 23.8 Å². The summed E-state index contributed by atoms with van der Waals surface area (Å²) in [7, 11) is 0. The lowest BCUT2D eigenvalue weighted by Crippen LogP contribution is -2.30. The van der Waals surface area contributed by atoms with Gasteiger partial charge in [0, 0.05) is 6.04 Å². The molecule has 0 bridgehead atoms. The van der Waals surface area contributed by atoms with Crippen molar-refractivity contribution in [3.8, 4) is 0 Å². The Morgan fingerprint density at radius 1 is 1.58 bits per heavy atom. The largest absolute Gasteiger partial charge is 0.393 e. The zero-order valence-corrected chi connectivity index (χ0v) is 10.7. The van der Waals surface area contributed by atoms with Gasteiger partial charge < -0.3 is 15.2 Å². The Balaban J connectivity index is 2.27. The number of aliphatic hydroxyl groups excluding tert-OH is 1. The summed E-state index contributed by atoms with van der Waals surface area (Å²) in [5.74, 6) is -0.699. The Kier molecular flexibility index (Phi) is 3.96. The number of rotatable bonds is 4. The van der Waals surface area contributed by atoms with E-state index in [0.29, 0.717) is 0 Å². The third-order valence-electron chi connectivity index (χ3n) is 2.59. The van der Waals surface area contributed by atoms with Crippen LogP contribution in [-0.2, 0) is 4.74 Å². The maximum Gasteiger partial charge on any atom is 0.352 e. The lowest BCUT2D eigenvalue weighted by Gasteiger charge is -2.16. The van der Waals surface area contributed by atoms with Crippen molar-refractivity contribution >= 4 is 5.82 Å². The van der Waals surface area contributed by atoms with Crippen molar-refractivity contribution in [1.29, 1.82) is 0 Å². The van der Waals surface area contributed by atoms with Crippen LogP contribution in [0.3, 0.4) is 0 Å². The first-order valence-electron chi connectivity index (χ1n) is 6.01. The highest BCUT2D eigenvalue weighted by Crippen LogP contribution is 2.20. The summed E-state index contributed by atoms with van der Waals surface area (Å²) < 4.78 is 20.2. The van der Waals surface area contributed by atoms with Gasteiger partial charge in [0.2, 0.25) is 0 Å². The average molecular weight is 269 g/mol.